The van der Waals surface area contributed by atoms with Gasteiger partial charge in [0.05, 0.1) is 0 Å². The summed E-state index contributed by atoms with van der Waals surface area (Å²) in [6, 6.07) is 0. The Balaban J connectivity index is 0. The van der Waals surface area contributed by atoms with E-state index < -0.39 is 0 Å². The van der Waals surface area contributed by atoms with Crippen molar-refractivity contribution in [3.8, 4) is 0 Å². The zero-order valence-electron chi connectivity index (χ0n) is 3.00. The van der Waals surface area contributed by atoms with Crippen molar-refractivity contribution >= 4 is 28.3 Å². The quantitative estimate of drug-likeness (QED) is 0.351. The molecule has 0 fully saturated rings. The van der Waals surface area contributed by atoms with E-state index in [0.29, 0.717) is 0 Å². The van der Waals surface area contributed by atoms with Crippen LogP contribution in [0.1, 0.15) is 0 Å². The van der Waals surface area contributed by atoms with Gasteiger partial charge in [-0.25, -0.2) is 0 Å². The van der Waals surface area contributed by atoms with Gasteiger partial charge in [0.25, 0.3) is 0 Å². The van der Waals surface area contributed by atoms with Crippen molar-refractivity contribution in [2.45, 2.75) is 0 Å². The van der Waals surface area contributed by atoms with E-state index in [1.807, 2.05) is 0 Å². The zero-order valence-corrected chi connectivity index (χ0v) is 9.92. The minimum absolute atomic E-state index is 0. The van der Waals surface area contributed by atoms with Crippen molar-refractivity contribution in [2.75, 3.05) is 0 Å². The van der Waals surface area contributed by atoms with Gasteiger partial charge < -0.3 is 7.43 Å². The molecule has 0 spiro atoms. The Kier molecular flexibility index (Phi) is 316. The van der Waals surface area contributed by atoms with Crippen molar-refractivity contribution in [3.63, 3.8) is 0 Å². The third-order valence-electron chi connectivity index (χ3n) is 0. The molecule has 0 aromatic carbocycles. The summed E-state index contributed by atoms with van der Waals surface area (Å²) in [4.78, 5) is 0. The minimum Gasteiger partial charge on any atom is -0.358 e. The van der Waals surface area contributed by atoms with Gasteiger partial charge in [-0.3, -0.25) is 0 Å². The maximum Gasteiger partial charge on any atom is 0.187 e. The van der Waals surface area contributed by atoms with Crippen LogP contribution in [0.2, 0.25) is 0 Å². The van der Waals surface area contributed by atoms with E-state index in [-0.39, 0.29) is 88.2 Å². The maximum atomic E-state index is 0. The number of rotatable bonds is 0. The standard InChI is InChI=1S/CH3.Al.H3Si.2Zr.3H/h1H3;;1H3;;;;;/q-1;;;;;;;. The first kappa shape index (κ1) is 50.4. The van der Waals surface area contributed by atoms with Crippen molar-refractivity contribution < 1.29 is 52.4 Å². The largest absolute Gasteiger partial charge is 0.358 e. The molecule has 0 unspecified atom stereocenters. The number of hydrogen-bond donors (Lipinski definition) is 0. The van der Waals surface area contributed by atoms with E-state index in [9.17, 15) is 0 Å². The molecule has 0 saturated carbocycles. The molecule has 0 saturated heterocycles. The average Bonchev–Trinajstić information content (AvgIpc) is 0. The smallest absolute Gasteiger partial charge is 0.187 e. The second-order valence-electron chi connectivity index (χ2n) is 0. The molecule has 0 amide bonds. The SMILES string of the molecule is [AlH3].[CH3-].[SiH3].[Zr].[Zr]. The van der Waals surface area contributed by atoms with Gasteiger partial charge in [0.2, 0.25) is 0 Å². The van der Waals surface area contributed by atoms with E-state index in [2.05, 4.69) is 0 Å². The average molecular weight is 259 g/mol. The third kappa shape index (κ3) is 21.0. The Bertz CT molecular complexity index is 9.61. The normalized spacial score (nSPS) is 0. The van der Waals surface area contributed by atoms with Crippen LogP contribution in [-0.2, 0) is 52.4 Å². The Labute approximate surface area is 86.9 Å². The fourth-order valence-corrected chi connectivity index (χ4v) is 0. The summed E-state index contributed by atoms with van der Waals surface area (Å²) in [7, 11) is 0. The molecule has 4 heteroatoms. The van der Waals surface area contributed by atoms with Crippen LogP contribution in [-0.4, -0.2) is 28.3 Å². The van der Waals surface area contributed by atoms with Crippen molar-refractivity contribution in [1.29, 1.82) is 0 Å². The molecule has 0 aromatic rings. The molecular formula is CH9AlSiZr2-. The zero-order chi connectivity index (χ0) is 0. The Morgan fingerprint density at radius 1 is 0.800 bits per heavy atom. The van der Waals surface area contributed by atoms with Crippen LogP contribution in [0.25, 0.3) is 0 Å². The molecule has 29 valence electrons. The maximum absolute atomic E-state index is 0. The van der Waals surface area contributed by atoms with Gasteiger partial charge in [0, 0.05) is 52.4 Å². The van der Waals surface area contributed by atoms with Crippen molar-refractivity contribution in [1.82, 2.24) is 0 Å². The monoisotopic (exact) mass is 256 g/mol. The van der Waals surface area contributed by atoms with E-state index in [4.69, 9.17) is 0 Å². The Morgan fingerprint density at radius 2 is 0.800 bits per heavy atom. The molecule has 0 atom stereocenters. The molecule has 1 radical (unpaired) electrons. The second-order valence-corrected chi connectivity index (χ2v) is 0. The predicted molar refractivity (Wildman–Crippen MR) is 26.3 cm³/mol. The third-order valence-corrected chi connectivity index (χ3v) is 0. The van der Waals surface area contributed by atoms with E-state index in [1.54, 1.807) is 0 Å². The van der Waals surface area contributed by atoms with Gasteiger partial charge in [0.1, 0.15) is 0 Å². The minimum atomic E-state index is 0. The molecule has 0 aliphatic carbocycles. The summed E-state index contributed by atoms with van der Waals surface area (Å²) in [5.41, 5.74) is 0. The Morgan fingerprint density at radius 3 is 0.800 bits per heavy atom. The van der Waals surface area contributed by atoms with E-state index >= 15 is 0 Å². The van der Waals surface area contributed by atoms with Crippen LogP contribution in [0, 0.1) is 7.43 Å². The fraction of sp³-hybridized carbons (Fsp3) is 0. The summed E-state index contributed by atoms with van der Waals surface area (Å²) < 4.78 is 0. The molecule has 0 rings (SSSR count). The summed E-state index contributed by atoms with van der Waals surface area (Å²) in [5, 5.41) is 0. The molecule has 0 aliphatic rings. The van der Waals surface area contributed by atoms with Crippen LogP contribution in [0.5, 0.6) is 0 Å². The van der Waals surface area contributed by atoms with Crippen LogP contribution in [0.3, 0.4) is 0 Å². The Hall–Kier alpha value is 2.52. The summed E-state index contributed by atoms with van der Waals surface area (Å²) in [5.74, 6) is 0. The van der Waals surface area contributed by atoms with Gasteiger partial charge in [-0.05, 0) is 11.0 Å². The topological polar surface area (TPSA) is 0 Å². The predicted octanol–water partition coefficient (Wildman–Crippen LogP) is -1.92. The van der Waals surface area contributed by atoms with Crippen molar-refractivity contribution in [2.24, 2.45) is 0 Å². The molecule has 0 N–H and O–H groups in total. The first-order chi connectivity index (χ1) is 0. The van der Waals surface area contributed by atoms with Gasteiger partial charge in [-0.15, -0.1) is 0 Å². The van der Waals surface area contributed by atoms with E-state index in [0.717, 1.165) is 0 Å². The molecule has 5 heavy (non-hydrogen) atoms. The van der Waals surface area contributed by atoms with Gasteiger partial charge in [-0.2, -0.15) is 0 Å². The molecule has 0 heterocycles. The van der Waals surface area contributed by atoms with Gasteiger partial charge in [0.15, 0.2) is 17.4 Å². The molecule has 0 bridgehead atoms. The summed E-state index contributed by atoms with van der Waals surface area (Å²) >= 11 is 0. The van der Waals surface area contributed by atoms with Crippen LogP contribution in [0.4, 0.5) is 0 Å². The van der Waals surface area contributed by atoms with Gasteiger partial charge >= 0.3 is 0 Å². The fourth-order valence-electron chi connectivity index (χ4n) is 0. The molecule has 0 aliphatic heterocycles. The van der Waals surface area contributed by atoms with Crippen LogP contribution < -0.4 is 0 Å². The molecule has 0 aromatic heterocycles. The van der Waals surface area contributed by atoms with Crippen LogP contribution in [0.15, 0.2) is 0 Å². The molecule has 0 nitrogen and oxygen atoms in total. The summed E-state index contributed by atoms with van der Waals surface area (Å²) in [6.07, 6.45) is 0. The van der Waals surface area contributed by atoms with Gasteiger partial charge in [-0.1, -0.05) is 0 Å². The molecular weight excluding hydrogens is 250 g/mol. The van der Waals surface area contributed by atoms with Crippen LogP contribution >= 0.6 is 0 Å². The van der Waals surface area contributed by atoms with Crippen molar-refractivity contribution in [3.05, 3.63) is 7.43 Å². The first-order valence-electron chi connectivity index (χ1n) is 0. The number of hydrogen-bond acceptors (Lipinski definition) is 0. The summed E-state index contributed by atoms with van der Waals surface area (Å²) in [6.45, 7) is 0. The van der Waals surface area contributed by atoms with E-state index in [1.165, 1.54) is 0 Å². The first-order valence-corrected chi connectivity index (χ1v) is 0. The second kappa shape index (κ2) is 31.3.